The van der Waals surface area contributed by atoms with E-state index in [2.05, 4.69) is 27.0 Å². The number of ether oxygens (including phenoxy) is 2. The zero-order chi connectivity index (χ0) is 15.5. The number of aromatic nitrogens is 2. The third-order valence-corrected chi connectivity index (χ3v) is 4.68. The van der Waals surface area contributed by atoms with Crippen molar-refractivity contribution in [3.8, 4) is 11.5 Å². The molecule has 122 valence electrons. The van der Waals surface area contributed by atoms with Gasteiger partial charge in [0.2, 0.25) is 0 Å². The number of rotatable bonds is 3. The molecule has 1 N–H and O–H groups in total. The number of piperidine rings is 1. The Labute approximate surface area is 136 Å². The molecule has 0 amide bonds. The van der Waals surface area contributed by atoms with Gasteiger partial charge in [-0.25, -0.2) is 4.98 Å². The molecule has 23 heavy (non-hydrogen) atoms. The summed E-state index contributed by atoms with van der Waals surface area (Å²) in [5, 5.41) is 0. The number of fused-ring (bicyclic) bond motifs is 1. The van der Waals surface area contributed by atoms with E-state index in [-0.39, 0.29) is 0 Å². The molecule has 3 heterocycles. The number of aromatic amines is 1. The van der Waals surface area contributed by atoms with Crippen LogP contribution in [0, 0.1) is 0 Å². The summed E-state index contributed by atoms with van der Waals surface area (Å²) in [5.74, 6) is 2.88. The monoisotopic (exact) mass is 313 g/mol. The van der Waals surface area contributed by atoms with Crippen molar-refractivity contribution in [3.05, 3.63) is 42.0 Å². The van der Waals surface area contributed by atoms with Crippen molar-refractivity contribution in [2.24, 2.45) is 0 Å². The lowest BCUT2D eigenvalue weighted by atomic mass is 10.0. The van der Waals surface area contributed by atoms with E-state index in [0.29, 0.717) is 6.04 Å². The Morgan fingerprint density at radius 3 is 3.04 bits per heavy atom. The van der Waals surface area contributed by atoms with Crippen LogP contribution in [0.4, 0.5) is 0 Å². The van der Waals surface area contributed by atoms with Gasteiger partial charge in [-0.05, 0) is 25.5 Å². The fraction of sp³-hybridized carbons (Fsp3) is 0.500. The fourth-order valence-corrected chi connectivity index (χ4v) is 3.55. The van der Waals surface area contributed by atoms with Crippen molar-refractivity contribution >= 4 is 0 Å². The first-order chi connectivity index (χ1) is 11.4. The Kier molecular flexibility index (Phi) is 4.20. The molecule has 1 unspecified atom stereocenters. The lowest BCUT2D eigenvalue weighted by Gasteiger charge is -2.34. The molecular formula is C18H23N3O2. The van der Waals surface area contributed by atoms with Gasteiger partial charge in [0.15, 0.2) is 11.5 Å². The molecule has 1 saturated heterocycles. The number of H-pyrrole nitrogens is 1. The molecule has 5 heteroatoms. The number of imidazole rings is 1. The van der Waals surface area contributed by atoms with Gasteiger partial charge in [-0.1, -0.05) is 18.6 Å². The van der Waals surface area contributed by atoms with Gasteiger partial charge in [-0.3, -0.25) is 4.90 Å². The van der Waals surface area contributed by atoms with E-state index < -0.39 is 0 Å². The predicted octanol–water partition coefficient (Wildman–Crippen LogP) is 3.30. The lowest BCUT2D eigenvalue weighted by Crippen LogP contribution is -2.33. The van der Waals surface area contributed by atoms with Crippen LogP contribution in [0.2, 0.25) is 0 Å². The van der Waals surface area contributed by atoms with Crippen molar-refractivity contribution in [1.29, 1.82) is 0 Å². The zero-order valence-electron chi connectivity index (χ0n) is 13.3. The van der Waals surface area contributed by atoms with Crippen LogP contribution in [0.15, 0.2) is 30.6 Å². The molecular weight excluding hydrogens is 290 g/mol. The second-order valence-corrected chi connectivity index (χ2v) is 6.25. The van der Waals surface area contributed by atoms with Crippen LogP contribution < -0.4 is 9.47 Å². The fourth-order valence-electron chi connectivity index (χ4n) is 3.55. The van der Waals surface area contributed by atoms with Crippen LogP contribution in [-0.2, 0) is 6.54 Å². The van der Waals surface area contributed by atoms with Crippen LogP contribution in [-0.4, -0.2) is 34.6 Å². The number of nitrogens with one attached hydrogen (secondary N) is 1. The maximum Gasteiger partial charge on any atom is 0.165 e. The zero-order valence-corrected chi connectivity index (χ0v) is 13.3. The number of nitrogens with zero attached hydrogens (tertiary/aromatic N) is 2. The minimum absolute atomic E-state index is 0.362. The molecule has 5 nitrogen and oxygen atoms in total. The molecule has 2 aliphatic heterocycles. The standard InChI is InChI=1S/C18H23N3O2/c1-2-10-21(15(6-1)18-19-8-9-20-18)13-14-5-3-7-16-17(14)23-12-4-11-22-16/h3,5,7-9,15H,1-2,4,6,10-13H2,(H,19,20). The number of likely N-dealkylation sites (tertiary alicyclic amines) is 1. The summed E-state index contributed by atoms with van der Waals surface area (Å²) >= 11 is 0. The number of hydrogen-bond acceptors (Lipinski definition) is 4. The number of benzene rings is 1. The normalized spacial score (nSPS) is 21.8. The van der Waals surface area contributed by atoms with Gasteiger partial charge >= 0.3 is 0 Å². The maximum absolute atomic E-state index is 5.97. The molecule has 0 spiro atoms. The van der Waals surface area contributed by atoms with Gasteiger partial charge in [0, 0.05) is 30.9 Å². The highest BCUT2D eigenvalue weighted by molar-refractivity contribution is 5.47. The van der Waals surface area contributed by atoms with Crippen LogP contribution in [0.5, 0.6) is 11.5 Å². The van der Waals surface area contributed by atoms with Crippen LogP contribution in [0.3, 0.4) is 0 Å². The van der Waals surface area contributed by atoms with Crippen molar-refractivity contribution in [2.45, 2.75) is 38.3 Å². The summed E-state index contributed by atoms with van der Waals surface area (Å²) in [5.41, 5.74) is 1.21. The summed E-state index contributed by atoms with van der Waals surface area (Å²) in [6.07, 6.45) is 8.34. The predicted molar refractivity (Wildman–Crippen MR) is 87.6 cm³/mol. The molecule has 2 aromatic rings. The van der Waals surface area contributed by atoms with E-state index >= 15 is 0 Å². The van der Waals surface area contributed by atoms with Crippen molar-refractivity contribution < 1.29 is 9.47 Å². The van der Waals surface area contributed by atoms with Crippen molar-refractivity contribution in [1.82, 2.24) is 14.9 Å². The van der Waals surface area contributed by atoms with E-state index in [0.717, 1.165) is 56.5 Å². The molecule has 4 rings (SSSR count). The quantitative estimate of drug-likeness (QED) is 0.944. The average molecular weight is 313 g/mol. The summed E-state index contributed by atoms with van der Waals surface area (Å²) in [4.78, 5) is 10.3. The molecule has 1 aromatic carbocycles. The molecule has 1 aromatic heterocycles. The van der Waals surface area contributed by atoms with Gasteiger partial charge in [0.05, 0.1) is 19.3 Å². The third-order valence-electron chi connectivity index (χ3n) is 4.68. The van der Waals surface area contributed by atoms with Gasteiger partial charge in [0.1, 0.15) is 5.82 Å². The number of para-hydroxylation sites is 1. The average Bonchev–Trinajstić information content (AvgIpc) is 3.00. The Morgan fingerprint density at radius 1 is 1.17 bits per heavy atom. The molecule has 1 fully saturated rings. The maximum atomic E-state index is 5.97. The smallest absolute Gasteiger partial charge is 0.165 e. The third kappa shape index (κ3) is 3.06. The molecule has 0 radical (unpaired) electrons. The van der Waals surface area contributed by atoms with Gasteiger partial charge in [-0.2, -0.15) is 0 Å². The van der Waals surface area contributed by atoms with E-state index in [1.807, 2.05) is 18.5 Å². The van der Waals surface area contributed by atoms with Gasteiger partial charge < -0.3 is 14.5 Å². The molecule has 2 aliphatic rings. The SMILES string of the molecule is c1cc(CN2CCCCC2c2ncc[nH]2)c2c(c1)OCCCO2. The summed E-state index contributed by atoms with van der Waals surface area (Å²) in [7, 11) is 0. The van der Waals surface area contributed by atoms with E-state index in [4.69, 9.17) is 9.47 Å². The van der Waals surface area contributed by atoms with E-state index in [9.17, 15) is 0 Å². The minimum atomic E-state index is 0.362. The summed E-state index contributed by atoms with van der Waals surface area (Å²) in [6.45, 7) is 3.43. The van der Waals surface area contributed by atoms with E-state index in [1.165, 1.54) is 18.4 Å². The first-order valence-corrected chi connectivity index (χ1v) is 8.52. The topological polar surface area (TPSA) is 50.4 Å². The largest absolute Gasteiger partial charge is 0.490 e. The van der Waals surface area contributed by atoms with Crippen LogP contribution in [0.25, 0.3) is 0 Å². The van der Waals surface area contributed by atoms with Crippen LogP contribution >= 0.6 is 0 Å². The first-order valence-electron chi connectivity index (χ1n) is 8.52. The second-order valence-electron chi connectivity index (χ2n) is 6.25. The van der Waals surface area contributed by atoms with Crippen molar-refractivity contribution in [2.75, 3.05) is 19.8 Å². The Bertz CT molecular complexity index is 642. The minimum Gasteiger partial charge on any atom is -0.490 e. The Hall–Kier alpha value is -2.01. The highest BCUT2D eigenvalue weighted by Crippen LogP contribution is 2.37. The Balaban J connectivity index is 1.59. The summed E-state index contributed by atoms with van der Waals surface area (Å²) < 4.78 is 11.8. The molecule has 0 bridgehead atoms. The second kappa shape index (κ2) is 6.62. The van der Waals surface area contributed by atoms with Crippen molar-refractivity contribution in [3.63, 3.8) is 0 Å². The van der Waals surface area contributed by atoms with Crippen LogP contribution in [0.1, 0.15) is 43.1 Å². The highest BCUT2D eigenvalue weighted by Gasteiger charge is 2.27. The highest BCUT2D eigenvalue weighted by atomic mass is 16.5. The lowest BCUT2D eigenvalue weighted by molar-refractivity contribution is 0.132. The van der Waals surface area contributed by atoms with E-state index in [1.54, 1.807) is 0 Å². The first kappa shape index (κ1) is 14.6. The molecule has 0 saturated carbocycles. The number of hydrogen-bond donors (Lipinski definition) is 1. The Morgan fingerprint density at radius 2 is 2.13 bits per heavy atom. The van der Waals surface area contributed by atoms with Gasteiger partial charge in [0.25, 0.3) is 0 Å². The van der Waals surface area contributed by atoms with Gasteiger partial charge in [-0.15, -0.1) is 0 Å². The summed E-state index contributed by atoms with van der Waals surface area (Å²) in [6, 6.07) is 6.58. The molecule has 1 atom stereocenters. The molecule has 0 aliphatic carbocycles.